The minimum atomic E-state index is -0.381. The van der Waals surface area contributed by atoms with Crippen molar-refractivity contribution in [2.24, 2.45) is 0 Å². The van der Waals surface area contributed by atoms with Crippen molar-refractivity contribution in [1.29, 1.82) is 0 Å². The van der Waals surface area contributed by atoms with E-state index in [2.05, 4.69) is 0 Å². The molecule has 0 saturated heterocycles. The van der Waals surface area contributed by atoms with Gasteiger partial charge in [0.15, 0.2) is 17.3 Å². The molecule has 134 valence electrons. The highest BCUT2D eigenvalue weighted by molar-refractivity contribution is 6.35. The van der Waals surface area contributed by atoms with Gasteiger partial charge in [-0.1, -0.05) is 23.7 Å². The van der Waals surface area contributed by atoms with Crippen molar-refractivity contribution in [3.05, 3.63) is 81.4 Å². The highest BCUT2D eigenvalue weighted by atomic mass is 35.5. The lowest BCUT2D eigenvalue weighted by atomic mass is 9.82. The van der Waals surface area contributed by atoms with Crippen LogP contribution in [0, 0.1) is 6.92 Å². The SMILES string of the molecule is Cc1cccc(Oc2cc(N)c3c(c2N)C(=O)c2ccc(Cl)cc2C3=O)c1. The highest BCUT2D eigenvalue weighted by Crippen LogP contribution is 2.41. The Kier molecular flexibility index (Phi) is 3.89. The van der Waals surface area contributed by atoms with E-state index in [4.69, 9.17) is 27.8 Å². The van der Waals surface area contributed by atoms with Crippen LogP contribution in [0.4, 0.5) is 11.4 Å². The number of nitrogen functional groups attached to an aromatic ring is 2. The molecule has 0 bridgehead atoms. The summed E-state index contributed by atoms with van der Waals surface area (Å²) < 4.78 is 5.84. The molecule has 0 atom stereocenters. The molecular weight excluding hydrogens is 364 g/mol. The predicted molar refractivity (Wildman–Crippen MR) is 105 cm³/mol. The Morgan fingerprint density at radius 1 is 0.889 bits per heavy atom. The number of carbonyl (C=O) groups is 2. The molecule has 1 aliphatic rings. The van der Waals surface area contributed by atoms with Crippen molar-refractivity contribution in [1.82, 2.24) is 0 Å². The number of benzene rings is 3. The van der Waals surface area contributed by atoms with Crippen molar-refractivity contribution < 1.29 is 14.3 Å². The van der Waals surface area contributed by atoms with Gasteiger partial charge >= 0.3 is 0 Å². The zero-order valence-corrected chi connectivity index (χ0v) is 15.1. The third kappa shape index (κ3) is 2.73. The van der Waals surface area contributed by atoms with Crippen molar-refractivity contribution in [3.8, 4) is 11.5 Å². The lowest BCUT2D eigenvalue weighted by molar-refractivity contribution is 0.0980. The number of nitrogens with two attached hydrogens (primary N) is 2. The predicted octanol–water partition coefficient (Wildman–Crippen LogP) is 4.38. The summed E-state index contributed by atoms with van der Waals surface area (Å²) in [6, 6.07) is 13.4. The number of fused-ring (bicyclic) bond motifs is 2. The first-order valence-corrected chi connectivity index (χ1v) is 8.60. The number of halogens is 1. The van der Waals surface area contributed by atoms with Gasteiger partial charge in [-0.05, 0) is 42.8 Å². The first-order chi connectivity index (χ1) is 12.9. The van der Waals surface area contributed by atoms with Crippen LogP contribution in [0.5, 0.6) is 11.5 Å². The Labute approximate surface area is 160 Å². The molecule has 4 N–H and O–H groups in total. The molecule has 5 nitrogen and oxygen atoms in total. The van der Waals surface area contributed by atoms with Crippen LogP contribution in [0.3, 0.4) is 0 Å². The monoisotopic (exact) mass is 378 g/mol. The van der Waals surface area contributed by atoms with Crippen LogP contribution in [0.2, 0.25) is 5.02 Å². The Hall–Kier alpha value is -3.31. The van der Waals surface area contributed by atoms with E-state index in [1.165, 1.54) is 18.2 Å². The minimum Gasteiger partial charge on any atom is -0.455 e. The molecule has 0 heterocycles. The molecule has 0 spiro atoms. The van der Waals surface area contributed by atoms with E-state index in [-0.39, 0.29) is 50.9 Å². The summed E-state index contributed by atoms with van der Waals surface area (Å²) in [5, 5.41) is 0.365. The highest BCUT2D eigenvalue weighted by Gasteiger charge is 2.34. The standard InChI is InChI=1S/C21H15ClN2O3/c1-10-3-2-4-12(7-10)27-16-9-15(23)17-18(19(16)24)20(25)13-6-5-11(22)8-14(13)21(17)26/h2-9H,23-24H2,1H3. The van der Waals surface area contributed by atoms with Gasteiger partial charge in [0.05, 0.1) is 16.8 Å². The summed E-state index contributed by atoms with van der Waals surface area (Å²) in [5.74, 6) is 0.0294. The molecule has 0 unspecified atom stereocenters. The van der Waals surface area contributed by atoms with E-state index < -0.39 is 0 Å². The Bertz CT molecular complexity index is 1140. The zero-order chi connectivity index (χ0) is 19.3. The van der Waals surface area contributed by atoms with E-state index in [1.807, 2.05) is 25.1 Å². The molecule has 3 aromatic carbocycles. The van der Waals surface area contributed by atoms with E-state index >= 15 is 0 Å². The summed E-state index contributed by atoms with van der Waals surface area (Å²) in [5.41, 5.74) is 14.2. The lowest BCUT2D eigenvalue weighted by Gasteiger charge is -2.22. The van der Waals surface area contributed by atoms with Crippen LogP contribution in [-0.2, 0) is 0 Å². The van der Waals surface area contributed by atoms with Crippen molar-refractivity contribution in [2.45, 2.75) is 6.92 Å². The summed E-state index contributed by atoms with van der Waals surface area (Å²) >= 11 is 5.98. The number of anilines is 2. The van der Waals surface area contributed by atoms with Crippen molar-refractivity contribution >= 4 is 34.5 Å². The molecule has 4 rings (SSSR count). The second-order valence-electron chi connectivity index (χ2n) is 6.39. The molecule has 0 radical (unpaired) electrons. The van der Waals surface area contributed by atoms with E-state index in [0.717, 1.165) is 5.56 Å². The molecule has 6 heteroatoms. The summed E-state index contributed by atoms with van der Waals surface area (Å²) in [6.07, 6.45) is 0. The number of hydrogen-bond acceptors (Lipinski definition) is 5. The fourth-order valence-corrected chi connectivity index (χ4v) is 3.41. The van der Waals surface area contributed by atoms with Gasteiger partial charge in [-0.2, -0.15) is 0 Å². The van der Waals surface area contributed by atoms with Crippen molar-refractivity contribution in [3.63, 3.8) is 0 Å². The lowest BCUT2D eigenvalue weighted by Crippen LogP contribution is -2.24. The molecule has 0 aromatic heterocycles. The quantitative estimate of drug-likeness (QED) is 0.504. The number of carbonyl (C=O) groups excluding carboxylic acids is 2. The average molecular weight is 379 g/mol. The molecule has 3 aromatic rings. The van der Waals surface area contributed by atoms with Gasteiger partial charge in [-0.3, -0.25) is 9.59 Å². The first kappa shape index (κ1) is 17.1. The fraction of sp³-hybridized carbons (Fsp3) is 0.0476. The number of hydrogen-bond donors (Lipinski definition) is 2. The minimum absolute atomic E-state index is 0.0671. The third-order valence-electron chi connectivity index (χ3n) is 4.50. The van der Waals surface area contributed by atoms with E-state index in [0.29, 0.717) is 10.8 Å². The van der Waals surface area contributed by atoms with Crippen LogP contribution in [0.1, 0.15) is 37.4 Å². The number of ketones is 2. The number of aryl methyl sites for hydroxylation is 1. The second-order valence-corrected chi connectivity index (χ2v) is 6.83. The van der Waals surface area contributed by atoms with E-state index in [1.54, 1.807) is 12.1 Å². The van der Waals surface area contributed by atoms with Crippen LogP contribution in [0.15, 0.2) is 48.5 Å². The maximum absolute atomic E-state index is 13.0. The average Bonchev–Trinajstić information content (AvgIpc) is 2.62. The Morgan fingerprint density at radius 2 is 1.63 bits per heavy atom. The zero-order valence-electron chi connectivity index (χ0n) is 14.4. The van der Waals surface area contributed by atoms with Gasteiger partial charge in [0, 0.05) is 27.9 Å². The normalized spacial score (nSPS) is 12.5. The smallest absolute Gasteiger partial charge is 0.196 e. The van der Waals surface area contributed by atoms with Gasteiger partial charge < -0.3 is 16.2 Å². The molecule has 0 aliphatic heterocycles. The number of ether oxygens (including phenoxy) is 1. The third-order valence-corrected chi connectivity index (χ3v) is 4.74. The van der Waals surface area contributed by atoms with Crippen LogP contribution >= 0.6 is 11.6 Å². The molecule has 1 aliphatic carbocycles. The summed E-state index contributed by atoms with van der Waals surface area (Å²) in [6.45, 7) is 1.93. The second kappa shape index (κ2) is 6.14. The maximum Gasteiger partial charge on any atom is 0.196 e. The van der Waals surface area contributed by atoms with Gasteiger partial charge in [0.25, 0.3) is 0 Å². The number of rotatable bonds is 2. The largest absolute Gasteiger partial charge is 0.455 e. The van der Waals surface area contributed by atoms with Gasteiger partial charge in [-0.25, -0.2) is 0 Å². The summed E-state index contributed by atoms with van der Waals surface area (Å²) in [4.78, 5) is 25.9. The van der Waals surface area contributed by atoms with Crippen LogP contribution < -0.4 is 16.2 Å². The molecule has 27 heavy (non-hydrogen) atoms. The van der Waals surface area contributed by atoms with Gasteiger partial charge in [0.2, 0.25) is 0 Å². The van der Waals surface area contributed by atoms with Gasteiger partial charge in [-0.15, -0.1) is 0 Å². The fourth-order valence-electron chi connectivity index (χ4n) is 3.24. The van der Waals surface area contributed by atoms with E-state index in [9.17, 15) is 9.59 Å². The molecule has 0 fully saturated rings. The molecule has 0 amide bonds. The van der Waals surface area contributed by atoms with Crippen LogP contribution in [-0.4, -0.2) is 11.6 Å². The van der Waals surface area contributed by atoms with Gasteiger partial charge in [0.1, 0.15) is 5.75 Å². The maximum atomic E-state index is 13.0. The molecule has 0 saturated carbocycles. The Morgan fingerprint density at radius 3 is 2.37 bits per heavy atom. The first-order valence-electron chi connectivity index (χ1n) is 8.22. The molecular formula is C21H15ClN2O3. The van der Waals surface area contributed by atoms with Crippen molar-refractivity contribution in [2.75, 3.05) is 11.5 Å². The van der Waals surface area contributed by atoms with Crippen LogP contribution in [0.25, 0.3) is 0 Å². The topological polar surface area (TPSA) is 95.4 Å². The Balaban J connectivity index is 1.88. The summed E-state index contributed by atoms with van der Waals surface area (Å²) in [7, 11) is 0.